The summed E-state index contributed by atoms with van der Waals surface area (Å²) in [5, 5.41) is 21.3. The molecule has 1 aromatic carbocycles. The fraction of sp³-hybridized carbons (Fsp3) is 0.533. The molecule has 0 saturated heterocycles. The topological polar surface area (TPSA) is 74.6 Å². The number of Topliss-reactive ketones (excluding diaryl/α,β-unsaturated/α-hetero) is 1. The van der Waals surface area contributed by atoms with E-state index in [1.54, 1.807) is 18.6 Å². The zero-order chi connectivity index (χ0) is 23.9. The lowest BCUT2D eigenvalue weighted by atomic mass is 9.45. The molecular weight excluding hydrogens is 424 g/mol. The first-order valence-corrected chi connectivity index (χ1v) is 12.8. The van der Waals surface area contributed by atoms with E-state index in [-0.39, 0.29) is 34.9 Å². The van der Waals surface area contributed by atoms with Crippen LogP contribution in [0.5, 0.6) is 0 Å². The van der Waals surface area contributed by atoms with Crippen LogP contribution in [0.15, 0.2) is 53.1 Å². The molecule has 178 valence electrons. The van der Waals surface area contributed by atoms with Gasteiger partial charge in [-0.1, -0.05) is 47.9 Å². The summed E-state index contributed by atoms with van der Waals surface area (Å²) >= 11 is 0. The maximum Gasteiger partial charge on any atom is 0.159 e. The molecule has 4 heteroatoms. The van der Waals surface area contributed by atoms with Crippen molar-refractivity contribution >= 4 is 11.6 Å². The molecule has 1 spiro atoms. The minimum Gasteiger partial charge on any atom is -0.392 e. The van der Waals surface area contributed by atoms with Gasteiger partial charge in [0.15, 0.2) is 11.6 Å². The number of carbonyl (C=O) groups is 2. The average molecular weight is 459 g/mol. The SMILES string of the molecule is CC(=O)c1ccc2c(c1)C[C@]13CCC(=O)C=C1CCC1=C3C2C[C@@]2(C)[C@H]1CC[C@@]2(O)/C=C\CO. The first-order valence-electron chi connectivity index (χ1n) is 12.8. The summed E-state index contributed by atoms with van der Waals surface area (Å²) in [6.45, 7) is 3.80. The van der Waals surface area contributed by atoms with Crippen molar-refractivity contribution in [3.63, 3.8) is 0 Å². The van der Waals surface area contributed by atoms with E-state index in [0.29, 0.717) is 18.8 Å². The maximum absolute atomic E-state index is 12.4. The smallest absolute Gasteiger partial charge is 0.159 e. The van der Waals surface area contributed by atoms with Crippen LogP contribution in [0.1, 0.15) is 86.2 Å². The molecule has 1 saturated carbocycles. The summed E-state index contributed by atoms with van der Waals surface area (Å²) in [5.41, 5.74) is 6.27. The lowest BCUT2D eigenvalue weighted by Crippen LogP contribution is -2.52. The number of benzene rings is 1. The Labute approximate surface area is 201 Å². The highest BCUT2D eigenvalue weighted by molar-refractivity contribution is 5.94. The van der Waals surface area contributed by atoms with Crippen LogP contribution in [0, 0.1) is 16.7 Å². The molecule has 0 aromatic heterocycles. The summed E-state index contributed by atoms with van der Waals surface area (Å²) in [6, 6.07) is 6.21. The number of rotatable bonds is 3. The molecule has 1 aromatic rings. The molecule has 0 bridgehead atoms. The Hall–Kier alpha value is -2.30. The number of carbonyl (C=O) groups excluding carboxylic acids is 2. The highest BCUT2D eigenvalue weighted by Crippen LogP contribution is 2.70. The van der Waals surface area contributed by atoms with Crippen molar-refractivity contribution < 1.29 is 19.8 Å². The predicted octanol–water partition coefficient (Wildman–Crippen LogP) is 4.99. The number of allylic oxidation sites excluding steroid dienone is 4. The third-order valence-corrected chi connectivity index (χ3v) is 10.2. The van der Waals surface area contributed by atoms with Crippen molar-refractivity contribution in [1.29, 1.82) is 0 Å². The van der Waals surface area contributed by atoms with Gasteiger partial charge in [-0.25, -0.2) is 0 Å². The van der Waals surface area contributed by atoms with Crippen LogP contribution in [0.4, 0.5) is 0 Å². The molecule has 5 aliphatic carbocycles. The Kier molecular flexibility index (Phi) is 4.80. The van der Waals surface area contributed by atoms with Crippen molar-refractivity contribution in [1.82, 2.24) is 0 Å². The van der Waals surface area contributed by atoms with E-state index < -0.39 is 5.60 Å². The molecule has 2 N–H and O–H groups in total. The van der Waals surface area contributed by atoms with E-state index in [1.165, 1.54) is 22.3 Å². The van der Waals surface area contributed by atoms with E-state index in [0.717, 1.165) is 44.1 Å². The molecule has 1 unspecified atom stereocenters. The van der Waals surface area contributed by atoms with Gasteiger partial charge in [0.1, 0.15) is 0 Å². The van der Waals surface area contributed by atoms with Crippen LogP contribution in [-0.4, -0.2) is 34.0 Å². The van der Waals surface area contributed by atoms with Crippen LogP contribution >= 0.6 is 0 Å². The van der Waals surface area contributed by atoms with Gasteiger partial charge < -0.3 is 10.2 Å². The van der Waals surface area contributed by atoms with Gasteiger partial charge in [-0.3, -0.25) is 9.59 Å². The van der Waals surface area contributed by atoms with Gasteiger partial charge in [0.2, 0.25) is 0 Å². The average Bonchev–Trinajstić information content (AvgIpc) is 3.08. The van der Waals surface area contributed by atoms with Crippen molar-refractivity contribution in [2.75, 3.05) is 6.61 Å². The number of aliphatic hydroxyl groups is 2. The predicted molar refractivity (Wildman–Crippen MR) is 131 cm³/mol. The molecule has 1 fully saturated rings. The van der Waals surface area contributed by atoms with Crippen molar-refractivity contribution in [3.05, 3.63) is 69.8 Å². The lowest BCUT2D eigenvalue weighted by molar-refractivity contribution is -0.115. The second-order valence-electron chi connectivity index (χ2n) is 11.6. The molecular formula is C30H34O4. The summed E-state index contributed by atoms with van der Waals surface area (Å²) in [4.78, 5) is 24.7. The maximum atomic E-state index is 12.4. The number of aliphatic hydroxyl groups excluding tert-OH is 1. The third-order valence-electron chi connectivity index (χ3n) is 10.2. The van der Waals surface area contributed by atoms with Gasteiger partial charge in [-0.15, -0.1) is 0 Å². The van der Waals surface area contributed by atoms with Crippen molar-refractivity contribution in [2.24, 2.45) is 16.7 Å². The van der Waals surface area contributed by atoms with Gasteiger partial charge in [0, 0.05) is 28.7 Å². The van der Waals surface area contributed by atoms with E-state index in [2.05, 4.69) is 19.1 Å². The highest BCUT2D eigenvalue weighted by atomic mass is 16.3. The Bertz CT molecular complexity index is 1200. The molecule has 6 rings (SSSR count). The quantitative estimate of drug-likeness (QED) is 0.494. The Balaban J connectivity index is 1.59. The molecule has 5 aliphatic rings. The minimum absolute atomic E-state index is 0.0671. The van der Waals surface area contributed by atoms with Crippen LogP contribution < -0.4 is 0 Å². The summed E-state index contributed by atoms with van der Waals surface area (Å²) in [6.07, 6.45) is 12.2. The first-order chi connectivity index (χ1) is 16.2. The third kappa shape index (κ3) is 2.79. The normalized spacial score (nSPS) is 38.2. The fourth-order valence-corrected chi connectivity index (χ4v) is 8.55. The summed E-state index contributed by atoms with van der Waals surface area (Å²) in [7, 11) is 0. The number of fused-ring (bicyclic) bond motifs is 4. The Morgan fingerprint density at radius 2 is 2.03 bits per heavy atom. The second-order valence-corrected chi connectivity index (χ2v) is 11.6. The van der Waals surface area contributed by atoms with Crippen LogP contribution in [0.25, 0.3) is 0 Å². The van der Waals surface area contributed by atoms with E-state index in [1.807, 2.05) is 18.2 Å². The van der Waals surface area contributed by atoms with Crippen molar-refractivity contribution in [2.45, 2.75) is 76.7 Å². The fourth-order valence-electron chi connectivity index (χ4n) is 8.55. The molecule has 5 atom stereocenters. The van der Waals surface area contributed by atoms with Gasteiger partial charge in [0.05, 0.1) is 12.2 Å². The highest BCUT2D eigenvalue weighted by Gasteiger charge is 2.63. The molecule has 4 nitrogen and oxygen atoms in total. The summed E-state index contributed by atoms with van der Waals surface area (Å²) in [5.74, 6) is 0.830. The lowest BCUT2D eigenvalue weighted by Gasteiger charge is -2.58. The Morgan fingerprint density at radius 1 is 1.21 bits per heavy atom. The van der Waals surface area contributed by atoms with E-state index in [4.69, 9.17) is 0 Å². The second kappa shape index (κ2) is 7.35. The molecule has 34 heavy (non-hydrogen) atoms. The molecule has 0 aliphatic heterocycles. The molecule has 0 heterocycles. The van der Waals surface area contributed by atoms with Crippen molar-refractivity contribution in [3.8, 4) is 0 Å². The number of ketones is 2. The zero-order valence-corrected chi connectivity index (χ0v) is 20.2. The monoisotopic (exact) mass is 458 g/mol. The minimum atomic E-state index is -0.943. The van der Waals surface area contributed by atoms with Gasteiger partial charge >= 0.3 is 0 Å². The number of hydrogen-bond acceptors (Lipinski definition) is 4. The van der Waals surface area contributed by atoms with E-state index in [9.17, 15) is 19.8 Å². The van der Waals surface area contributed by atoms with Gasteiger partial charge in [0.25, 0.3) is 0 Å². The molecule has 0 radical (unpaired) electrons. The number of hydrogen-bond donors (Lipinski definition) is 2. The van der Waals surface area contributed by atoms with Crippen LogP contribution in [-0.2, 0) is 11.2 Å². The Morgan fingerprint density at radius 3 is 2.79 bits per heavy atom. The van der Waals surface area contributed by atoms with Crippen LogP contribution in [0.2, 0.25) is 0 Å². The van der Waals surface area contributed by atoms with E-state index >= 15 is 0 Å². The van der Waals surface area contributed by atoms with Gasteiger partial charge in [-0.2, -0.15) is 0 Å². The van der Waals surface area contributed by atoms with Gasteiger partial charge in [-0.05, 0) is 81.1 Å². The first kappa shape index (κ1) is 22.2. The zero-order valence-electron chi connectivity index (χ0n) is 20.2. The largest absolute Gasteiger partial charge is 0.392 e. The standard InChI is InChI=1S/C30H34O4/c1-18(32)19-4-6-23-20(14-19)16-29-11-8-22(33)15-21(29)5-7-24-26-9-12-30(34,10-3-13-31)28(26,2)17-25(23)27(24)29/h3-4,6,10,14-15,25-26,31,34H,5,7-9,11-13,16-17H2,1-2H3/b10-3-/t25?,26-,28-,29+,30-/m0/s1. The van der Waals surface area contributed by atoms with Crippen LogP contribution in [0.3, 0.4) is 0 Å². The molecule has 0 amide bonds. The summed E-state index contributed by atoms with van der Waals surface area (Å²) < 4.78 is 0.